The fourth-order valence-corrected chi connectivity index (χ4v) is 4.59. The van der Waals surface area contributed by atoms with E-state index in [1.165, 1.54) is 16.7 Å². The van der Waals surface area contributed by atoms with Crippen LogP contribution in [0.2, 0.25) is 0 Å². The Kier molecular flexibility index (Phi) is 4.35. The number of rotatable bonds is 3. The van der Waals surface area contributed by atoms with Crippen molar-refractivity contribution < 1.29 is 14.6 Å². The first-order chi connectivity index (χ1) is 12.9. The van der Waals surface area contributed by atoms with Crippen molar-refractivity contribution in [3.05, 3.63) is 45.5 Å². The average Bonchev–Trinajstić information content (AvgIpc) is 3.03. The zero-order valence-corrected chi connectivity index (χ0v) is 16.4. The van der Waals surface area contributed by atoms with Gasteiger partial charge in [0.25, 0.3) is 0 Å². The number of hydrogen-bond donors (Lipinski definition) is 2. The molecule has 2 aliphatic rings. The molecule has 0 aliphatic carbocycles. The number of carboxylic acid groups (broad SMARTS) is 1. The van der Waals surface area contributed by atoms with Gasteiger partial charge in [0.1, 0.15) is 12.4 Å². The number of aliphatic carboxylic acids is 1. The highest BCUT2D eigenvalue weighted by atomic mass is 16.5. The molecular formula is C22H26N2O3. The fourth-order valence-electron chi connectivity index (χ4n) is 4.59. The molecule has 4 rings (SSSR count). The van der Waals surface area contributed by atoms with Gasteiger partial charge in [0.15, 0.2) is 0 Å². The van der Waals surface area contributed by atoms with Crippen molar-refractivity contribution in [2.24, 2.45) is 0 Å². The Bertz CT molecular complexity index is 950. The molecule has 5 heteroatoms. The summed E-state index contributed by atoms with van der Waals surface area (Å²) in [7, 11) is 2.11. The summed E-state index contributed by atoms with van der Waals surface area (Å²) in [5.74, 6) is 0.0830. The van der Waals surface area contributed by atoms with Crippen LogP contribution in [0, 0.1) is 20.8 Å². The summed E-state index contributed by atoms with van der Waals surface area (Å²) in [5.41, 5.74) is 10.2. The van der Waals surface area contributed by atoms with E-state index < -0.39 is 5.97 Å². The monoisotopic (exact) mass is 366 g/mol. The average molecular weight is 366 g/mol. The predicted molar refractivity (Wildman–Crippen MR) is 107 cm³/mol. The zero-order valence-electron chi connectivity index (χ0n) is 16.4. The van der Waals surface area contributed by atoms with Crippen LogP contribution in [0.1, 0.15) is 33.4 Å². The lowest BCUT2D eigenvalue weighted by Crippen LogP contribution is -2.19. The van der Waals surface area contributed by atoms with E-state index in [1.807, 2.05) is 6.07 Å². The molecule has 0 bridgehead atoms. The molecule has 0 atom stereocenters. The molecule has 0 saturated carbocycles. The summed E-state index contributed by atoms with van der Waals surface area (Å²) in [6.45, 7) is 9.55. The molecule has 0 aromatic heterocycles. The van der Waals surface area contributed by atoms with E-state index >= 15 is 0 Å². The summed E-state index contributed by atoms with van der Waals surface area (Å²) in [6.07, 6.45) is 0.0411. The van der Waals surface area contributed by atoms with E-state index in [-0.39, 0.29) is 6.42 Å². The standard InChI is InChI=1S/C22H26N2O3/c1-12-16(9-20(25)26)21(13(2)18-11-24(4)10-17(12)18)15-5-6-19-22(14(15)3)23-7-8-27-19/h5-6,23H,7-11H2,1-4H3,(H,25,26). The quantitative estimate of drug-likeness (QED) is 0.868. The lowest BCUT2D eigenvalue weighted by atomic mass is 9.83. The Labute approximate surface area is 160 Å². The maximum absolute atomic E-state index is 11.7. The van der Waals surface area contributed by atoms with Gasteiger partial charge in [0.05, 0.1) is 12.1 Å². The van der Waals surface area contributed by atoms with Gasteiger partial charge in [-0.2, -0.15) is 0 Å². The van der Waals surface area contributed by atoms with Crippen molar-refractivity contribution in [2.75, 3.05) is 25.5 Å². The molecule has 142 valence electrons. The Balaban J connectivity index is 1.99. The number of benzene rings is 2. The van der Waals surface area contributed by atoms with Gasteiger partial charge >= 0.3 is 5.97 Å². The summed E-state index contributed by atoms with van der Waals surface area (Å²) in [5, 5.41) is 13.0. The Morgan fingerprint density at radius 3 is 2.56 bits per heavy atom. The van der Waals surface area contributed by atoms with E-state index in [0.717, 1.165) is 58.9 Å². The number of carbonyl (C=O) groups is 1. The fraction of sp³-hybridized carbons (Fsp3) is 0.409. The van der Waals surface area contributed by atoms with E-state index in [9.17, 15) is 9.90 Å². The van der Waals surface area contributed by atoms with Crippen LogP contribution in [-0.4, -0.2) is 36.2 Å². The molecule has 0 spiro atoms. The molecule has 0 radical (unpaired) electrons. The van der Waals surface area contributed by atoms with Crippen molar-refractivity contribution in [1.29, 1.82) is 0 Å². The molecule has 0 saturated heterocycles. The Morgan fingerprint density at radius 2 is 1.85 bits per heavy atom. The van der Waals surface area contributed by atoms with Crippen molar-refractivity contribution in [3.63, 3.8) is 0 Å². The minimum absolute atomic E-state index is 0.0411. The van der Waals surface area contributed by atoms with Crippen LogP contribution in [0.5, 0.6) is 5.75 Å². The summed E-state index contributed by atoms with van der Waals surface area (Å²) in [4.78, 5) is 13.9. The third-order valence-electron chi connectivity index (χ3n) is 5.94. The SMILES string of the molecule is Cc1c2c(c(C)c(-c3ccc4c(c3C)NCCO4)c1CC(=O)O)CN(C)C2. The highest BCUT2D eigenvalue weighted by Gasteiger charge is 2.28. The topological polar surface area (TPSA) is 61.8 Å². The number of nitrogens with zero attached hydrogens (tertiary/aromatic N) is 1. The van der Waals surface area contributed by atoms with E-state index in [1.54, 1.807) is 0 Å². The smallest absolute Gasteiger partial charge is 0.307 e. The van der Waals surface area contributed by atoms with Crippen LogP contribution in [0.25, 0.3) is 11.1 Å². The first-order valence-electron chi connectivity index (χ1n) is 9.43. The maximum atomic E-state index is 11.7. The number of hydrogen-bond acceptors (Lipinski definition) is 4. The van der Waals surface area contributed by atoms with E-state index in [4.69, 9.17) is 4.74 Å². The van der Waals surface area contributed by atoms with Crippen LogP contribution in [-0.2, 0) is 24.3 Å². The minimum atomic E-state index is -0.790. The van der Waals surface area contributed by atoms with Crippen LogP contribution in [0.3, 0.4) is 0 Å². The molecule has 0 amide bonds. The second-order valence-corrected chi connectivity index (χ2v) is 7.69. The third-order valence-corrected chi connectivity index (χ3v) is 5.94. The Hall–Kier alpha value is -2.53. The number of carboxylic acids is 1. The number of anilines is 1. The van der Waals surface area contributed by atoms with Gasteiger partial charge in [-0.15, -0.1) is 0 Å². The number of fused-ring (bicyclic) bond motifs is 2. The zero-order chi connectivity index (χ0) is 19.3. The van der Waals surface area contributed by atoms with Crippen LogP contribution < -0.4 is 10.1 Å². The highest BCUT2D eigenvalue weighted by molar-refractivity contribution is 5.86. The maximum Gasteiger partial charge on any atom is 0.307 e. The van der Waals surface area contributed by atoms with Crippen LogP contribution >= 0.6 is 0 Å². The van der Waals surface area contributed by atoms with Crippen molar-refractivity contribution >= 4 is 11.7 Å². The van der Waals surface area contributed by atoms with Crippen molar-refractivity contribution in [1.82, 2.24) is 4.90 Å². The molecule has 2 aromatic rings. The molecule has 2 aromatic carbocycles. The largest absolute Gasteiger partial charge is 0.490 e. The first-order valence-corrected chi connectivity index (χ1v) is 9.43. The molecule has 0 unspecified atom stereocenters. The van der Waals surface area contributed by atoms with Gasteiger partial charge in [0, 0.05) is 19.6 Å². The van der Waals surface area contributed by atoms with Gasteiger partial charge < -0.3 is 15.2 Å². The molecule has 0 fully saturated rings. The molecular weight excluding hydrogens is 340 g/mol. The predicted octanol–water partition coefficient (Wildman–Crippen LogP) is 3.66. The number of nitrogens with one attached hydrogen (secondary N) is 1. The first kappa shape index (κ1) is 17.9. The summed E-state index contributed by atoms with van der Waals surface area (Å²) < 4.78 is 5.77. The van der Waals surface area contributed by atoms with E-state index in [2.05, 4.69) is 44.1 Å². The van der Waals surface area contributed by atoms with Gasteiger partial charge in [-0.3, -0.25) is 9.69 Å². The molecule has 5 nitrogen and oxygen atoms in total. The normalized spacial score (nSPS) is 15.7. The third kappa shape index (κ3) is 2.86. The van der Waals surface area contributed by atoms with E-state index in [0.29, 0.717) is 6.61 Å². The molecule has 2 N–H and O–H groups in total. The second-order valence-electron chi connectivity index (χ2n) is 7.69. The summed E-state index contributed by atoms with van der Waals surface area (Å²) in [6, 6.07) is 4.09. The van der Waals surface area contributed by atoms with Crippen molar-refractivity contribution in [2.45, 2.75) is 40.3 Å². The molecule has 2 heterocycles. The van der Waals surface area contributed by atoms with Gasteiger partial charge in [-0.1, -0.05) is 6.07 Å². The molecule has 27 heavy (non-hydrogen) atoms. The number of ether oxygens (including phenoxy) is 1. The van der Waals surface area contributed by atoms with Crippen molar-refractivity contribution in [3.8, 4) is 16.9 Å². The van der Waals surface area contributed by atoms with Crippen LogP contribution in [0.15, 0.2) is 12.1 Å². The Morgan fingerprint density at radius 1 is 1.15 bits per heavy atom. The lowest BCUT2D eigenvalue weighted by molar-refractivity contribution is -0.136. The molecule has 2 aliphatic heterocycles. The minimum Gasteiger partial charge on any atom is -0.490 e. The highest BCUT2D eigenvalue weighted by Crippen LogP contribution is 2.43. The van der Waals surface area contributed by atoms with Gasteiger partial charge in [-0.25, -0.2) is 0 Å². The van der Waals surface area contributed by atoms with Crippen LogP contribution in [0.4, 0.5) is 5.69 Å². The lowest BCUT2D eigenvalue weighted by Gasteiger charge is -2.25. The van der Waals surface area contributed by atoms with Gasteiger partial charge in [-0.05, 0) is 78.4 Å². The second kappa shape index (κ2) is 6.57. The van der Waals surface area contributed by atoms with Gasteiger partial charge in [0.2, 0.25) is 0 Å². The summed E-state index contributed by atoms with van der Waals surface area (Å²) >= 11 is 0.